The van der Waals surface area contributed by atoms with Crippen LogP contribution in [0.1, 0.15) is 15.9 Å². The molecule has 2 N–H and O–H groups in total. The molecule has 0 spiro atoms. The lowest BCUT2D eigenvalue weighted by atomic mass is 10.1. The molecule has 1 aromatic heterocycles. The number of phenolic OH excluding ortho intramolecular Hbond substituents is 1. The van der Waals surface area contributed by atoms with Crippen molar-refractivity contribution >= 4 is 45.8 Å². The standard InChI is InChI=1S/C13H10ClIN2O2/c1-7-4-5-16-12(14)11(7)17-13(19)9-6-8(15)2-3-10(9)18/h2-6,18H,1H3,(H,17,19). The molecule has 0 saturated carbocycles. The molecule has 0 aliphatic rings. The number of carbonyl (C=O) groups excluding carboxylic acids is 1. The van der Waals surface area contributed by atoms with Gasteiger partial charge in [-0.3, -0.25) is 4.79 Å². The normalized spacial score (nSPS) is 10.3. The Morgan fingerprint density at radius 3 is 2.84 bits per heavy atom. The number of rotatable bonds is 2. The number of aryl methyl sites for hydroxylation is 1. The largest absolute Gasteiger partial charge is 0.507 e. The number of aromatic hydroxyl groups is 1. The summed E-state index contributed by atoms with van der Waals surface area (Å²) in [6.45, 7) is 1.82. The van der Waals surface area contributed by atoms with E-state index in [1.165, 1.54) is 6.07 Å². The maximum Gasteiger partial charge on any atom is 0.259 e. The summed E-state index contributed by atoms with van der Waals surface area (Å²) in [7, 11) is 0. The number of carbonyl (C=O) groups is 1. The first kappa shape index (κ1) is 14.1. The number of amides is 1. The van der Waals surface area contributed by atoms with Gasteiger partial charge in [-0.2, -0.15) is 0 Å². The predicted octanol–water partition coefficient (Wildman–Crippen LogP) is 3.61. The number of aromatic nitrogens is 1. The molecule has 1 amide bonds. The summed E-state index contributed by atoms with van der Waals surface area (Å²) in [4.78, 5) is 16.0. The fourth-order valence-corrected chi connectivity index (χ4v) is 2.29. The zero-order valence-electron chi connectivity index (χ0n) is 9.95. The summed E-state index contributed by atoms with van der Waals surface area (Å²) in [5.41, 5.74) is 1.46. The van der Waals surface area contributed by atoms with Gasteiger partial charge in [-0.1, -0.05) is 11.6 Å². The van der Waals surface area contributed by atoms with Gasteiger partial charge in [0.05, 0.1) is 11.3 Å². The molecule has 1 aromatic carbocycles. The Bertz CT molecular complexity index is 626. The van der Waals surface area contributed by atoms with Crippen LogP contribution in [0, 0.1) is 10.5 Å². The van der Waals surface area contributed by atoms with Gasteiger partial charge in [0.1, 0.15) is 5.75 Å². The third kappa shape index (κ3) is 3.16. The molecule has 0 aliphatic heterocycles. The molecule has 98 valence electrons. The number of hydrogen-bond donors (Lipinski definition) is 2. The monoisotopic (exact) mass is 388 g/mol. The topological polar surface area (TPSA) is 62.2 Å². The van der Waals surface area contributed by atoms with Crippen molar-refractivity contribution in [2.45, 2.75) is 6.92 Å². The molecule has 6 heteroatoms. The predicted molar refractivity (Wildman–Crippen MR) is 82.8 cm³/mol. The highest BCUT2D eigenvalue weighted by Crippen LogP contribution is 2.25. The van der Waals surface area contributed by atoms with Gasteiger partial charge < -0.3 is 10.4 Å². The van der Waals surface area contributed by atoms with Gasteiger partial charge in [-0.25, -0.2) is 4.98 Å². The average molecular weight is 389 g/mol. The summed E-state index contributed by atoms with van der Waals surface area (Å²) in [6.07, 6.45) is 1.57. The van der Waals surface area contributed by atoms with Crippen LogP contribution in [0.25, 0.3) is 0 Å². The number of pyridine rings is 1. The molecule has 0 saturated heterocycles. The summed E-state index contributed by atoms with van der Waals surface area (Å²) in [6, 6.07) is 6.55. The smallest absolute Gasteiger partial charge is 0.259 e. The fraction of sp³-hybridized carbons (Fsp3) is 0.0769. The Morgan fingerprint density at radius 2 is 2.16 bits per heavy atom. The van der Waals surface area contributed by atoms with Crippen LogP contribution in [-0.4, -0.2) is 16.0 Å². The number of nitrogens with one attached hydrogen (secondary N) is 1. The Hall–Kier alpha value is -1.34. The van der Waals surface area contributed by atoms with Crippen molar-refractivity contribution in [3.8, 4) is 5.75 Å². The Kier molecular flexibility index (Phi) is 4.26. The number of anilines is 1. The van der Waals surface area contributed by atoms with Crippen LogP contribution in [0.5, 0.6) is 5.75 Å². The fourth-order valence-electron chi connectivity index (χ4n) is 1.55. The van der Waals surface area contributed by atoms with Gasteiger partial charge in [-0.05, 0) is 59.3 Å². The summed E-state index contributed by atoms with van der Waals surface area (Å²) in [5.74, 6) is -0.496. The zero-order chi connectivity index (χ0) is 14.0. The van der Waals surface area contributed by atoms with Crippen molar-refractivity contribution in [2.75, 3.05) is 5.32 Å². The van der Waals surface area contributed by atoms with Crippen LogP contribution in [0.15, 0.2) is 30.5 Å². The number of nitrogens with zero attached hydrogens (tertiary/aromatic N) is 1. The summed E-state index contributed by atoms with van der Waals surface area (Å²) in [5, 5.41) is 12.6. The molecule has 0 fully saturated rings. The number of benzene rings is 1. The van der Waals surface area contributed by atoms with Crippen molar-refractivity contribution < 1.29 is 9.90 Å². The van der Waals surface area contributed by atoms with Gasteiger partial charge in [0.15, 0.2) is 5.15 Å². The van der Waals surface area contributed by atoms with Gasteiger partial charge in [0.2, 0.25) is 0 Å². The molecular formula is C13H10ClIN2O2. The Morgan fingerprint density at radius 1 is 1.42 bits per heavy atom. The van der Waals surface area contributed by atoms with Crippen molar-refractivity contribution in [3.63, 3.8) is 0 Å². The van der Waals surface area contributed by atoms with Crippen molar-refractivity contribution in [2.24, 2.45) is 0 Å². The van der Waals surface area contributed by atoms with E-state index in [2.05, 4.69) is 32.9 Å². The molecule has 0 atom stereocenters. The third-order valence-corrected chi connectivity index (χ3v) is 3.51. The molecule has 0 bridgehead atoms. The molecular weight excluding hydrogens is 379 g/mol. The second kappa shape index (κ2) is 5.75. The molecule has 0 aliphatic carbocycles. The molecule has 1 heterocycles. The second-order valence-electron chi connectivity index (χ2n) is 3.91. The number of halogens is 2. The summed E-state index contributed by atoms with van der Waals surface area (Å²) >= 11 is 8.01. The minimum atomic E-state index is -0.422. The van der Waals surface area contributed by atoms with E-state index in [0.29, 0.717) is 5.69 Å². The van der Waals surface area contributed by atoms with E-state index < -0.39 is 5.91 Å². The van der Waals surface area contributed by atoms with E-state index in [-0.39, 0.29) is 16.5 Å². The van der Waals surface area contributed by atoms with Gasteiger partial charge in [0.25, 0.3) is 5.91 Å². The second-order valence-corrected chi connectivity index (χ2v) is 5.51. The van der Waals surface area contributed by atoms with Crippen LogP contribution in [-0.2, 0) is 0 Å². The zero-order valence-corrected chi connectivity index (χ0v) is 12.9. The molecule has 4 nitrogen and oxygen atoms in total. The van der Waals surface area contributed by atoms with E-state index in [1.54, 1.807) is 24.4 Å². The Balaban J connectivity index is 2.34. The van der Waals surface area contributed by atoms with Crippen molar-refractivity contribution in [1.82, 2.24) is 4.98 Å². The first-order valence-electron chi connectivity index (χ1n) is 5.40. The van der Waals surface area contributed by atoms with E-state index in [1.807, 2.05) is 6.92 Å². The molecule has 2 rings (SSSR count). The van der Waals surface area contributed by atoms with E-state index in [0.717, 1.165) is 9.13 Å². The van der Waals surface area contributed by atoms with Gasteiger partial charge >= 0.3 is 0 Å². The first-order chi connectivity index (χ1) is 8.99. The molecule has 19 heavy (non-hydrogen) atoms. The van der Waals surface area contributed by atoms with E-state index in [9.17, 15) is 9.90 Å². The lowest BCUT2D eigenvalue weighted by Gasteiger charge is -2.10. The minimum Gasteiger partial charge on any atom is -0.507 e. The van der Waals surface area contributed by atoms with Crippen LogP contribution in [0.2, 0.25) is 5.15 Å². The first-order valence-corrected chi connectivity index (χ1v) is 6.85. The highest BCUT2D eigenvalue weighted by Gasteiger charge is 2.14. The van der Waals surface area contributed by atoms with Gasteiger partial charge in [0, 0.05) is 9.77 Å². The molecule has 0 unspecified atom stereocenters. The highest BCUT2D eigenvalue weighted by atomic mass is 127. The lowest BCUT2D eigenvalue weighted by molar-refractivity contribution is 0.102. The number of phenols is 1. The SMILES string of the molecule is Cc1ccnc(Cl)c1NC(=O)c1cc(I)ccc1O. The summed E-state index contributed by atoms with van der Waals surface area (Å²) < 4.78 is 0.856. The third-order valence-electron chi connectivity index (χ3n) is 2.55. The van der Waals surface area contributed by atoms with Crippen LogP contribution >= 0.6 is 34.2 Å². The van der Waals surface area contributed by atoms with E-state index in [4.69, 9.17) is 11.6 Å². The van der Waals surface area contributed by atoms with Crippen molar-refractivity contribution in [1.29, 1.82) is 0 Å². The lowest BCUT2D eigenvalue weighted by Crippen LogP contribution is -2.14. The highest BCUT2D eigenvalue weighted by molar-refractivity contribution is 14.1. The minimum absolute atomic E-state index is 0.0735. The number of hydrogen-bond acceptors (Lipinski definition) is 3. The van der Waals surface area contributed by atoms with Crippen LogP contribution in [0.4, 0.5) is 5.69 Å². The van der Waals surface area contributed by atoms with Crippen molar-refractivity contribution in [3.05, 3.63) is 50.3 Å². The maximum absolute atomic E-state index is 12.1. The Labute approximate surface area is 129 Å². The quantitative estimate of drug-likeness (QED) is 0.610. The maximum atomic E-state index is 12.1. The van der Waals surface area contributed by atoms with Crippen LogP contribution in [0.3, 0.4) is 0 Å². The molecule has 0 radical (unpaired) electrons. The average Bonchev–Trinajstić information content (AvgIpc) is 2.37. The van der Waals surface area contributed by atoms with E-state index >= 15 is 0 Å². The van der Waals surface area contributed by atoms with Gasteiger partial charge in [-0.15, -0.1) is 0 Å². The molecule has 2 aromatic rings. The van der Waals surface area contributed by atoms with Crippen LogP contribution < -0.4 is 5.32 Å².